The fourth-order valence-electron chi connectivity index (χ4n) is 0.986. The summed E-state index contributed by atoms with van der Waals surface area (Å²) in [6, 6.07) is 10.1. The number of nitrogens with zero attached hydrogens (tertiary/aromatic N) is 1. The second kappa shape index (κ2) is 5.99. The van der Waals surface area contributed by atoms with Crippen LogP contribution < -0.4 is 0 Å². The quantitative estimate of drug-likeness (QED) is 0.496. The predicted molar refractivity (Wildman–Crippen MR) is 61.5 cm³/mol. The van der Waals surface area contributed by atoms with Crippen molar-refractivity contribution in [3.05, 3.63) is 35.9 Å². The van der Waals surface area contributed by atoms with E-state index in [1.165, 1.54) is 0 Å². The predicted octanol–water partition coefficient (Wildman–Crippen LogP) is 2.76. The molecular weight excluding hydrogens is 170 g/mol. The van der Waals surface area contributed by atoms with Crippen LogP contribution in [0.2, 0.25) is 0 Å². The topological polar surface area (TPSA) is 12.4 Å². The van der Waals surface area contributed by atoms with E-state index in [0.717, 1.165) is 5.56 Å². The van der Waals surface area contributed by atoms with Crippen LogP contribution in [-0.2, 0) is 0 Å². The third kappa shape index (κ3) is 4.47. The molecule has 0 aromatic heterocycles. The Kier molecular flexibility index (Phi) is 4.50. The molecule has 1 nitrogen and oxygen atoms in total. The van der Waals surface area contributed by atoms with Crippen molar-refractivity contribution in [3.8, 4) is 11.8 Å². The number of hydrogen-bond donors (Lipinski definition) is 0. The zero-order valence-electron chi connectivity index (χ0n) is 8.70. The van der Waals surface area contributed by atoms with E-state index in [4.69, 9.17) is 0 Å². The molecule has 0 saturated heterocycles. The van der Waals surface area contributed by atoms with E-state index in [0.29, 0.717) is 12.5 Å². The van der Waals surface area contributed by atoms with Crippen molar-refractivity contribution in [2.45, 2.75) is 13.8 Å². The molecule has 1 rings (SSSR count). The molecule has 0 fully saturated rings. The van der Waals surface area contributed by atoms with Crippen molar-refractivity contribution in [2.75, 3.05) is 6.54 Å². The van der Waals surface area contributed by atoms with Gasteiger partial charge in [0.25, 0.3) is 0 Å². The van der Waals surface area contributed by atoms with Crippen molar-refractivity contribution >= 4 is 6.21 Å². The highest BCUT2D eigenvalue weighted by Crippen LogP contribution is 1.93. The van der Waals surface area contributed by atoms with E-state index in [1.54, 1.807) is 0 Å². The largest absolute Gasteiger partial charge is 0.280 e. The Hall–Kier alpha value is -1.55. The first-order valence-corrected chi connectivity index (χ1v) is 4.82. The summed E-state index contributed by atoms with van der Waals surface area (Å²) in [7, 11) is 0. The van der Waals surface area contributed by atoms with Crippen LogP contribution in [0.1, 0.15) is 19.4 Å². The minimum Gasteiger partial charge on any atom is -0.280 e. The van der Waals surface area contributed by atoms with Crippen molar-refractivity contribution in [1.82, 2.24) is 0 Å². The van der Waals surface area contributed by atoms with Crippen LogP contribution in [0.3, 0.4) is 0 Å². The van der Waals surface area contributed by atoms with Gasteiger partial charge in [0.05, 0.1) is 6.54 Å². The van der Waals surface area contributed by atoms with Crippen molar-refractivity contribution in [3.63, 3.8) is 0 Å². The van der Waals surface area contributed by atoms with Gasteiger partial charge >= 0.3 is 0 Å². The highest BCUT2D eigenvalue weighted by molar-refractivity contribution is 5.79. The molecule has 1 heteroatoms. The third-order valence-electron chi connectivity index (χ3n) is 1.60. The lowest BCUT2D eigenvalue weighted by Gasteiger charge is -1.89. The normalized spacial score (nSPS) is 10.2. The van der Waals surface area contributed by atoms with E-state index in [1.807, 2.05) is 36.5 Å². The highest BCUT2D eigenvalue weighted by atomic mass is 14.7. The molecule has 0 bridgehead atoms. The van der Waals surface area contributed by atoms with Gasteiger partial charge in [0.1, 0.15) is 0 Å². The lowest BCUT2D eigenvalue weighted by atomic mass is 10.2. The Morgan fingerprint density at radius 3 is 2.64 bits per heavy atom. The number of rotatable bonds is 2. The summed E-state index contributed by atoms with van der Waals surface area (Å²) in [6.45, 7) is 4.74. The Morgan fingerprint density at radius 2 is 2.00 bits per heavy atom. The van der Waals surface area contributed by atoms with Gasteiger partial charge in [0.2, 0.25) is 0 Å². The molecule has 0 aliphatic heterocycles. The average Bonchev–Trinajstić information content (AvgIpc) is 2.18. The van der Waals surface area contributed by atoms with Gasteiger partial charge in [-0.15, -0.1) is 0 Å². The van der Waals surface area contributed by atoms with E-state index in [2.05, 4.69) is 30.7 Å². The van der Waals surface area contributed by atoms with Gasteiger partial charge < -0.3 is 0 Å². The van der Waals surface area contributed by atoms with Gasteiger partial charge in [0.15, 0.2) is 0 Å². The molecule has 0 spiro atoms. The van der Waals surface area contributed by atoms with Crippen LogP contribution in [0, 0.1) is 17.8 Å². The van der Waals surface area contributed by atoms with Crippen LogP contribution in [0.4, 0.5) is 0 Å². The molecule has 14 heavy (non-hydrogen) atoms. The number of hydrogen-bond acceptors (Lipinski definition) is 1. The molecule has 0 aliphatic carbocycles. The summed E-state index contributed by atoms with van der Waals surface area (Å²) in [5.41, 5.74) is 1.12. The molecule has 0 radical (unpaired) electrons. The maximum Gasteiger partial charge on any atom is 0.0997 e. The third-order valence-corrected chi connectivity index (χ3v) is 1.60. The summed E-state index contributed by atoms with van der Waals surface area (Å²) in [6.07, 6.45) is 1.86. The first-order valence-electron chi connectivity index (χ1n) is 4.82. The zero-order chi connectivity index (χ0) is 10.2. The lowest BCUT2D eigenvalue weighted by molar-refractivity contribution is 0.865. The average molecular weight is 185 g/mol. The molecule has 0 saturated carbocycles. The Balaban J connectivity index is 2.40. The minimum atomic E-state index is 0.432. The molecular formula is C13H15N. The first kappa shape index (κ1) is 10.5. The summed E-state index contributed by atoms with van der Waals surface area (Å²) < 4.78 is 0. The standard InChI is InChI=1S/C13H15N/c1-12(2)7-6-10-14-11-13-8-4-3-5-9-13/h3-5,8-9,11-12H,10H2,1-2H3/b14-11+. The van der Waals surface area contributed by atoms with Crippen molar-refractivity contribution in [1.29, 1.82) is 0 Å². The van der Waals surface area contributed by atoms with Gasteiger partial charge in [-0.1, -0.05) is 56.0 Å². The first-order chi connectivity index (χ1) is 6.79. The van der Waals surface area contributed by atoms with E-state index < -0.39 is 0 Å². The molecule has 0 heterocycles. The summed E-state index contributed by atoms with van der Waals surface area (Å²) in [5.74, 6) is 6.51. The van der Waals surface area contributed by atoms with Crippen LogP contribution in [0.5, 0.6) is 0 Å². The van der Waals surface area contributed by atoms with Crippen LogP contribution in [0.15, 0.2) is 35.3 Å². The van der Waals surface area contributed by atoms with E-state index in [-0.39, 0.29) is 0 Å². The molecule has 1 aromatic carbocycles. The Bertz CT molecular complexity index is 338. The van der Waals surface area contributed by atoms with Crippen LogP contribution in [-0.4, -0.2) is 12.8 Å². The summed E-state index contributed by atoms with van der Waals surface area (Å²) in [4.78, 5) is 4.21. The Labute approximate surface area is 85.9 Å². The smallest absolute Gasteiger partial charge is 0.0997 e. The SMILES string of the molecule is CC(C)C#CC/N=C/c1ccccc1. The van der Waals surface area contributed by atoms with Crippen LogP contribution in [0.25, 0.3) is 0 Å². The fourth-order valence-corrected chi connectivity index (χ4v) is 0.986. The van der Waals surface area contributed by atoms with Gasteiger partial charge in [-0.25, -0.2) is 0 Å². The maximum absolute atomic E-state index is 4.21. The monoisotopic (exact) mass is 185 g/mol. The molecule has 0 unspecified atom stereocenters. The highest BCUT2D eigenvalue weighted by Gasteiger charge is 1.82. The molecule has 0 atom stereocenters. The second-order valence-corrected chi connectivity index (χ2v) is 3.36. The van der Waals surface area contributed by atoms with Crippen molar-refractivity contribution in [2.24, 2.45) is 10.9 Å². The molecule has 1 aromatic rings. The number of aliphatic imine (C=N–C) groups is 1. The molecule has 0 amide bonds. The number of benzene rings is 1. The zero-order valence-corrected chi connectivity index (χ0v) is 8.70. The lowest BCUT2D eigenvalue weighted by Crippen LogP contribution is -1.83. The van der Waals surface area contributed by atoms with Gasteiger partial charge in [-0.05, 0) is 5.56 Å². The minimum absolute atomic E-state index is 0.432. The van der Waals surface area contributed by atoms with Gasteiger partial charge in [0, 0.05) is 12.1 Å². The molecule has 0 aliphatic rings. The summed E-state index contributed by atoms with van der Waals surface area (Å²) >= 11 is 0. The molecule has 0 N–H and O–H groups in total. The Morgan fingerprint density at radius 1 is 1.29 bits per heavy atom. The second-order valence-electron chi connectivity index (χ2n) is 3.36. The van der Waals surface area contributed by atoms with Gasteiger partial charge in [-0.3, -0.25) is 4.99 Å². The fraction of sp³-hybridized carbons (Fsp3) is 0.308. The van der Waals surface area contributed by atoms with Crippen LogP contribution >= 0.6 is 0 Å². The van der Waals surface area contributed by atoms with E-state index >= 15 is 0 Å². The summed E-state index contributed by atoms with van der Waals surface area (Å²) in [5, 5.41) is 0. The molecule has 72 valence electrons. The van der Waals surface area contributed by atoms with Gasteiger partial charge in [-0.2, -0.15) is 0 Å². The van der Waals surface area contributed by atoms with E-state index in [9.17, 15) is 0 Å². The van der Waals surface area contributed by atoms with Crippen molar-refractivity contribution < 1.29 is 0 Å². The maximum atomic E-state index is 4.21.